The van der Waals surface area contributed by atoms with Crippen molar-refractivity contribution in [1.82, 2.24) is 0 Å². The Bertz CT molecular complexity index is 262. The van der Waals surface area contributed by atoms with Crippen LogP contribution in [0.3, 0.4) is 0 Å². The number of hydrogen-bond acceptors (Lipinski definition) is 2. The predicted molar refractivity (Wildman–Crippen MR) is 36.7 cm³/mol. The largest absolute Gasteiger partial charge is 3.00 e. The fourth-order valence-electron chi connectivity index (χ4n) is 0.684. The van der Waals surface area contributed by atoms with E-state index in [0.717, 1.165) is 5.56 Å². The number of nitro benzene ring substituents is 1. The molecule has 4 heteroatoms. The van der Waals surface area contributed by atoms with E-state index in [1.54, 1.807) is 13.0 Å². The van der Waals surface area contributed by atoms with E-state index in [2.05, 4.69) is 6.07 Å². The molecule has 1 aromatic rings. The number of benzene rings is 1. The molecule has 52 valence electrons. The van der Waals surface area contributed by atoms with E-state index in [-0.39, 0.29) is 38.4 Å². The van der Waals surface area contributed by atoms with Crippen molar-refractivity contribution < 1.29 is 37.6 Å². The van der Waals surface area contributed by atoms with Crippen LogP contribution in [0.5, 0.6) is 0 Å². The van der Waals surface area contributed by atoms with E-state index >= 15 is 0 Å². The molecular weight excluding hydrogens is 219 g/mol. The predicted octanol–water partition coefficient (Wildman–Crippen LogP) is 1.70. The maximum atomic E-state index is 10.1. The summed E-state index contributed by atoms with van der Waals surface area (Å²) in [7, 11) is 0. The van der Waals surface area contributed by atoms with Gasteiger partial charge in [-0.05, 0) is 0 Å². The normalized spacial score (nSPS) is 8.45. The first-order valence-corrected chi connectivity index (χ1v) is 2.83. The third-order valence-corrected chi connectivity index (χ3v) is 1.14. The van der Waals surface area contributed by atoms with Crippen molar-refractivity contribution in [3.63, 3.8) is 0 Å². The Morgan fingerprint density at radius 3 is 2.64 bits per heavy atom. The smallest absolute Gasteiger partial charge is 0.260 e. The third kappa shape index (κ3) is 3.08. The van der Waals surface area contributed by atoms with Gasteiger partial charge in [-0.2, -0.15) is 17.7 Å². The number of nitro groups is 1. The van der Waals surface area contributed by atoms with Gasteiger partial charge in [-0.25, -0.2) is 0 Å². The zero-order valence-corrected chi connectivity index (χ0v) is 8.91. The monoisotopic (exact) mass is 225 g/mol. The first-order chi connectivity index (χ1) is 4.70. The summed E-state index contributed by atoms with van der Waals surface area (Å²) in [4.78, 5) is 9.73. The van der Waals surface area contributed by atoms with Gasteiger partial charge < -0.3 is 0 Å². The van der Waals surface area contributed by atoms with Crippen LogP contribution in [0.15, 0.2) is 18.2 Å². The van der Waals surface area contributed by atoms with Crippen molar-refractivity contribution in [2.45, 2.75) is 6.92 Å². The van der Waals surface area contributed by atoms with Gasteiger partial charge in [-0.1, -0.05) is 19.1 Å². The summed E-state index contributed by atoms with van der Waals surface area (Å²) < 4.78 is 0. The quantitative estimate of drug-likeness (QED) is 0.414. The van der Waals surface area contributed by atoms with Crippen LogP contribution in [0.25, 0.3) is 0 Å². The number of non-ortho nitro benzene ring substituents is 1. The minimum Gasteiger partial charge on any atom is -0.260 e. The zero-order valence-electron chi connectivity index (χ0n) is 6.07. The van der Waals surface area contributed by atoms with Gasteiger partial charge in [0.25, 0.3) is 0 Å². The molecule has 0 aliphatic heterocycles. The second-order valence-electron chi connectivity index (χ2n) is 1.99. The molecule has 0 aromatic heterocycles. The Labute approximate surface area is 89.8 Å². The zero-order chi connectivity index (χ0) is 7.56. The van der Waals surface area contributed by atoms with Gasteiger partial charge in [0.1, 0.15) is 0 Å². The van der Waals surface area contributed by atoms with Crippen LogP contribution in [0.2, 0.25) is 0 Å². The summed E-state index contributed by atoms with van der Waals surface area (Å²) in [5.41, 5.74) is 0.908. The Kier molecular flexibility index (Phi) is 4.46. The minimum absolute atomic E-state index is 0. The molecule has 0 radical (unpaired) electrons. The van der Waals surface area contributed by atoms with Crippen LogP contribution >= 0.6 is 0 Å². The summed E-state index contributed by atoms with van der Waals surface area (Å²) in [5.74, 6) is 0. The van der Waals surface area contributed by atoms with Gasteiger partial charge in [0.05, 0.1) is 0 Å². The summed E-state index contributed by atoms with van der Waals surface area (Å²) in [6, 6.07) is 7.28. The Morgan fingerprint density at radius 1 is 1.64 bits per heavy atom. The molecule has 0 spiro atoms. The van der Waals surface area contributed by atoms with Crippen LogP contribution in [-0.4, -0.2) is 4.92 Å². The third-order valence-electron chi connectivity index (χ3n) is 1.14. The van der Waals surface area contributed by atoms with Crippen LogP contribution in [-0.2, 0) is 32.7 Å². The molecule has 0 bridgehead atoms. The van der Waals surface area contributed by atoms with E-state index < -0.39 is 4.92 Å². The van der Waals surface area contributed by atoms with Gasteiger partial charge in [-0.15, -0.1) is 0 Å². The van der Waals surface area contributed by atoms with Gasteiger partial charge in [0, 0.05) is 4.92 Å². The van der Waals surface area contributed by atoms with Crippen LogP contribution < -0.4 is 0 Å². The average Bonchev–Trinajstić information content (AvgIpc) is 1.88. The molecule has 11 heavy (non-hydrogen) atoms. The molecule has 1 rings (SSSR count). The van der Waals surface area contributed by atoms with Gasteiger partial charge >= 0.3 is 32.7 Å². The molecule has 0 aliphatic rings. The Morgan fingerprint density at radius 2 is 2.27 bits per heavy atom. The second kappa shape index (κ2) is 4.57. The molecule has 0 unspecified atom stereocenters. The molecule has 0 heterocycles. The molecule has 3 nitrogen and oxygen atoms in total. The topological polar surface area (TPSA) is 43.1 Å². The maximum absolute atomic E-state index is 10.1. The molecule has 0 saturated carbocycles. The van der Waals surface area contributed by atoms with Crippen molar-refractivity contribution in [1.29, 1.82) is 0 Å². The van der Waals surface area contributed by atoms with E-state index in [1.807, 2.05) is 0 Å². The van der Waals surface area contributed by atoms with Crippen LogP contribution in [0.1, 0.15) is 5.56 Å². The summed E-state index contributed by atoms with van der Waals surface area (Å²) in [6.07, 6.45) is 0. The van der Waals surface area contributed by atoms with E-state index in [0.29, 0.717) is 0 Å². The molecule has 0 atom stereocenters. The van der Waals surface area contributed by atoms with Crippen molar-refractivity contribution in [2.24, 2.45) is 0 Å². The Hall–Kier alpha value is -0.276. The fraction of sp³-hybridized carbons (Fsp3) is 0.143. The van der Waals surface area contributed by atoms with Crippen LogP contribution in [0.4, 0.5) is 5.69 Å². The molecule has 0 fully saturated rings. The molecular formula is C7H6NO2Y+2. The summed E-state index contributed by atoms with van der Waals surface area (Å²) >= 11 is 0. The van der Waals surface area contributed by atoms with E-state index in [9.17, 15) is 10.1 Å². The van der Waals surface area contributed by atoms with Crippen molar-refractivity contribution in [3.8, 4) is 0 Å². The first kappa shape index (κ1) is 10.7. The van der Waals surface area contributed by atoms with E-state index in [1.165, 1.54) is 12.1 Å². The van der Waals surface area contributed by atoms with Crippen molar-refractivity contribution in [3.05, 3.63) is 39.9 Å². The number of hydrogen-bond donors (Lipinski definition) is 0. The van der Waals surface area contributed by atoms with E-state index in [4.69, 9.17) is 0 Å². The first-order valence-electron chi connectivity index (χ1n) is 2.83. The maximum Gasteiger partial charge on any atom is 3.00 e. The summed E-state index contributed by atoms with van der Waals surface area (Å²) in [5, 5.41) is 10.1. The van der Waals surface area contributed by atoms with Crippen molar-refractivity contribution in [2.75, 3.05) is 0 Å². The van der Waals surface area contributed by atoms with Crippen LogP contribution in [0, 0.1) is 23.1 Å². The summed E-state index contributed by atoms with van der Waals surface area (Å²) in [6.45, 7) is 1.77. The second-order valence-corrected chi connectivity index (χ2v) is 1.99. The molecule has 1 aromatic carbocycles. The number of rotatable bonds is 1. The minimum atomic E-state index is -0.416. The van der Waals surface area contributed by atoms with Crippen molar-refractivity contribution >= 4 is 5.69 Å². The van der Waals surface area contributed by atoms with Gasteiger partial charge in [-0.3, -0.25) is 10.1 Å². The van der Waals surface area contributed by atoms with Gasteiger partial charge in [0.15, 0.2) is 5.69 Å². The number of aryl methyl sites for hydroxylation is 1. The van der Waals surface area contributed by atoms with Gasteiger partial charge in [0.2, 0.25) is 0 Å². The molecule has 0 saturated heterocycles. The standard InChI is InChI=1S/C7H6NO2.Y/c1-6-3-2-4-7(5-6)8(9)10;/h2,4-5H,1H3;/q-1;+3. The molecule has 0 aliphatic carbocycles. The fourth-order valence-corrected chi connectivity index (χ4v) is 0.684. The molecule has 0 amide bonds. The SMILES string of the molecule is Cc1[c-]ccc([N+](=O)[O-])c1.[Y+3]. The average molecular weight is 225 g/mol. The number of nitrogens with zero attached hydrogens (tertiary/aromatic N) is 1. The Balaban J connectivity index is 0.000001000. The molecule has 0 N–H and O–H groups in total.